The van der Waals surface area contributed by atoms with E-state index in [1.165, 1.54) is 0 Å². The summed E-state index contributed by atoms with van der Waals surface area (Å²) in [6.45, 7) is 3.78. The highest BCUT2D eigenvalue weighted by Gasteiger charge is 2.27. The lowest BCUT2D eigenvalue weighted by Gasteiger charge is -2.09. The number of aryl methyl sites for hydroxylation is 1. The number of ketones is 1. The molecule has 0 amide bonds. The van der Waals surface area contributed by atoms with Gasteiger partial charge >= 0.3 is 0 Å². The third-order valence-electron chi connectivity index (χ3n) is 4.22. The highest BCUT2D eigenvalue weighted by atomic mass is 16.1. The number of unbranched alkanes of at least 4 members (excludes halogenated alkanes) is 1. The molecule has 4 heteroatoms. The van der Waals surface area contributed by atoms with Crippen LogP contribution in [0.25, 0.3) is 0 Å². The molecule has 21 heavy (non-hydrogen) atoms. The smallest absolute Gasteiger partial charge is 0.225 e. The Morgan fingerprint density at radius 1 is 1.38 bits per heavy atom. The van der Waals surface area contributed by atoms with Crippen LogP contribution in [0.5, 0.6) is 0 Å². The molecule has 3 heterocycles. The minimum Gasteiger partial charge on any atom is -0.345 e. The fourth-order valence-electron chi connectivity index (χ4n) is 3.05. The third-order valence-corrected chi connectivity index (χ3v) is 4.22. The standard InChI is InChI=1S/C17H19N3O/c1-2-3-9-19-10-4-5-15(19)17(21)16-7-6-14-13(12-18)8-11-20(14)16/h4-7,10,13H,2-3,8-9,11H2,1H3. The van der Waals surface area contributed by atoms with Crippen molar-refractivity contribution in [3.05, 3.63) is 47.5 Å². The Balaban J connectivity index is 1.91. The fraction of sp³-hybridized carbons (Fsp3) is 0.412. The summed E-state index contributed by atoms with van der Waals surface area (Å²) in [7, 11) is 0. The molecule has 0 saturated carbocycles. The van der Waals surface area contributed by atoms with E-state index in [2.05, 4.69) is 13.0 Å². The van der Waals surface area contributed by atoms with Crippen molar-refractivity contribution in [1.29, 1.82) is 5.26 Å². The second-order valence-corrected chi connectivity index (χ2v) is 5.53. The van der Waals surface area contributed by atoms with E-state index in [9.17, 15) is 4.79 Å². The number of carbonyl (C=O) groups is 1. The van der Waals surface area contributed by atoms with Crippen LogP contribution in [0, 0.1) is 11.3 Å². The molecular formula is C17H19N3O. The van der Waals surface area contributed by atoms with Crippen LogP contribution in [-0.4, -0.2) is 14.9 Å². The van der Waals surface area contributed by atoms with E-state index in [0.717, 1.165) is 43.7 Å². The Hall–Kier alpha value is -2.28. The van der Waals surface area contributed by atoms with E-state index in [1.807, 2.05) is 39.6 Å². The van der Waals surface area contributed by atoms with Crippen molar-refractivity contribution >= 4 is 5.78 Å². The van der Waals surface area contributed by atoms with Crippen molar-refractivity contribution in [2.45, 2.75) is 45.2 Å². The fourth-order valence-corrected chi connectivity index (χ4v) is 3.05. The van der Waals surface area contributed by atoms with Gasteiger partial charge in [-0.2, -0.15) is 5.26 Å². The molecule has 1 aliphatic heterocycles. The molecule has 1 unspecified atom stereocenters. The van der Waals surface area contributed by atoms with Crippen LogP contribution >= 0.6 is 0 Å². The first-order valence-corrected chi connectivity index (χ1v) is 7.55. The molecule has 1 atom stereocenters. The molecule has 0 aliphatic carbocycles. The van der Waals surface area contributed by atoms with Crippen LogP contribution in [-0.2, 0) is 13.1 Å². The summed E-state index contributed by atoms with van der Waals surface area (Å²) < 4.78 is 4.04. The minimum absolute atomic E-state index is 0.0564. The van der Waals surface area contributed by atoms with Crippen LogP contribution in [0.2, 0.25) is 0 Å². The molecule has 2 aromatic rings. The Morgan fingerprint density at radius 3 is 3.00 bits per heavy atom. The second kappa shape index (κ2) is 5.61. The minimum atomic E-state index is -0.0709. The molecule has 0 saturated heterocycles. The van der Waals surface area contributed by atoms with Gasteiger partial charge in [-0.1, -0.05) is 13.3 Å². The molecule has 108 valence electrons. The highest BCUT2D eigenvalue weighted by molar-refractivity contribution is 6.07. The largest absolute Gasteiger partial charge is 0.345 e. The lowest BCUT2D eigenvalue weighted by molar-refractivity contribution is 0.102. The van der Waals surface area contributed by atoms with Crippen LogP contribution < -0.4 is 0 Å². The predicted octanol–water partition coefficient (Wildman–Crippen LogP) is 3.33. The number of carbonyl (C=O) groups excluding carboxylic acids is 1. The first kappa shape index (κ1) is 13.7. The zero-order valence-corrected chi connectivity index (χ0v) is 12.2. The van der Waals surface area contributed by atoms with Crippen molar-refractivity contribution < 1.29 is 4.79 Å². The topological polar surface area (TPSA) is 50.7 Å². The van der Waals surface area contributed by atoms with Gasteiger partial charge in [-0.25, -0.2) is 0 Å². The monoisotopic (exact) mass is 281 g/mol. The van der Waals surface area contributed by atoms with Gasteiger partial charge in [-0.3, -0.25) is 4.79 Å². The van der Waals surface area contributed by atoms with Gasteiger partial charge in [-0.05, 0) is 37.1 Å². The summed E-state index contributed by atoms with van der Waals surface area (Å²) in [5.41, 5.74) is 2.43. The van der Waals surface area contributed by atoms with Gasteiger partial charge in [0.05, 0.1) is 23.4 Å². The molecule has 1 aliphatic rings. The van der Waals surface area contributed by atoms with Crippen molar-refractivity contribution in [1.82, 2.24) is 9.13 Å². The molecule has 0 N–H and O–H groups in total. The number of hydrogen-bond acceptors (Lipinski definition) is 2. The zero-order valence-electron chi connectivity index (χ0n) is 12.2. The van der Waals surface area contributed by atoms with E-state index in [4.69, 9.17) is 5.26 Å². The maximum absolute atomic E-state index is 12.8. The van der Waals surface area contributed by atoms with Crippen molar-refractivity contribution in [2.24, 2.45) is 0 Å². The van der Waals surface area contributed by atoms with Crippen molar-refractivity contribution in [3.63, 3.8) is 0 Å². The summed E-state index contributed by atoms with van der Waals surface area (Å²) in [5.74, 6) is -0.0145. The number of rotatable bonds is 5. The summed E-state index contributed by atoms with van der Waals surface area (Å²) >= 11 is 0. The van der Waals surface area contributed by atoms with Crippen LogP contribution in [0.1, 0.15) is 54.0 Å². The molecule has 2 aromatic heterocycles. The average molecular weight is 281 g/mol. The maximum atomic E-state index is 12.8. The summed E-state index contributed by atoms with van der Waals surface area (Å²) in [4.78, 5) is 12.8. The summed E-state index contributed by atoms with van der Waals surface area (Å²) in [6, 6.07) is 9.90. The molecule has 0 fully saturated rings. The summed E-state index contributed by atoms with van der Waals surface area (Å²) in [6.07, 6.45) is 4.95. The average Bonchev–Trinajstić information content (AvgIpc) is 3.19. The number of nitrogens with zero attached hydrogens (tertiary/aromatic N) is 3. The van der Waals surface area contributed by atoms with E-state index in [0.29, 0.717) is 5.69 Å². The molecule has 0 spiro atoms. The van der Waals surface area contributed by atoms with Gasteiger partial charge in [0.1, 0.15) is 0 Å². The SMILES string of the molecule is CCCCn1cccc1C(=O)c1ccc2n1CCC2C#N. The van der Waals surface area contributed by atoms with Gasteiger partial charge in [0.2, 0.25) is 5.78 Å². The molecular weight excluding hydrogens is 262 g/mol. The van der Waals surface area contributed by atoms with E-state index < -0.39 is 0 Å². The van der Waals surface area contributed by atoms with Crippen LogP contribution in [0.4, 0.5) is 0 Å². The quantitative estimate of drug-likeness (QED) is 0.789. The number of fused-ring (bicyclic) bond motifs is 1. The van der Waals surface area contributed by atoms with Crippen molar-refractivity contribution in [3.8, 4) is 6.07 Å². The van der Waals surface area contributed by atoms with Gasteiger partial charge in [-0.15, -0.1) is 0 Å². The first-order chi connectivity index (χ1) is 10.3. The van der Waals surface area contributed by atoms with E-state index >= 15 is 0 Å². The number of nitriles is 1. The van der Waals surface area contributed by atoms with Crippen LogP contribution in [0.15, 0.2) is 30.5 Å². The first-order valence-electron chi connectivity index (χ1n) is 7.55. The number of aromatic nitrogens is 2. The van der Waals surface area contributed by atoms with Gasteiger partial charge in [0.25, 0.3) is 0 Å². The zero-order chi connectivity index (χ0) is 14.8. The Bertz CT molecular complexity index is 702. The highest BCUT2D eigenvalue weighted by Crippen LogP contribution is 2.30. The van der Waals surface area contributed by atoms with E-state index in [1.54, 1.807) is 0 Å². The van der Waals surface area contributed by atoms with Crippen LogP contribution in [0.3, 0.4) is 0 Å². The van der Waals surface area contributed by atoms with Crippen molar-refractivity contribution in [2.75, 3.05) is 0 Å². The Morgan fingerprint density at radius 2 is 2.24 bits per heavy atom. The normalized spacial score (nSPS) is 16.7. The second-order valence-electron chi connectivity index (χ2n) is 5.53. The van der Waals surface area contributed by atoms with E-state index in [-0.39, 0.29) is 11.7 Å². The lowest BCUT2D eigenvalue weighted by Crippen LogP contribution is -2.13. The Kier molecular flexibility index (Phi) is 3.66. The Labute approximate surface area is 124 Å². The van der Waals surface area contributed by atoms with Gasteiger partial charge in [0.15, 0.2) is 0 Å². The lowest BCUT2D eigenvalue weighted by atomic mass is 10.1. The van der Waals surface area contributed by atoms with Gasteiger partial charge in [0, 0.05) is 25.0 Å². The molecule has 0 radical (unpaired) electrons. The predicted molar refractivity (Wildman–Crippen MR) is 80.2 cm³/mol. The molecule has 0 bridgehead atoms. The maximum Gasteiger partial charge on any atom is 0.225 e. The number of hydrogen-bond donors (Lipinski definition) is 0. The third kappa shape index (κ3) is 2.29. The molecule has 0 aromatic carbocycles. The molecule has 3 rings (SSSR count). The summed E-state index contributed by atoms with van der Waals surface area (Å²) in [5, 5.41) is 9.13. The molecule has 4 nitrogen and oxygen atoms in total. The van der Waals surface area contributed by atoms with Gasteiger partial charge < -0.3 is 9.13 Å².